The largest absolute Gasteiger partial charge is 0.466 e. The third kappa shape index (κ3) is 53.1. The summed E-state index contributed by atoms with van der Waals surface area (Å²) in [5, 5.41) is 3.39. The Labute approximate surface area is 355 Å². The summed E-state index contributed by atoms with van der Waals surface area (Å²) in [4.78, 5) is 60.0. The van der Waals surface area contributed by atoms with Crippen LogP contribution < -0.4 is 5.32 Å². The number of ketones is 1. The number of Topliss-reactive ketones (excluding diaryl/α,β-unsaturated/α-hetero) is 1. The number of nitrogens with one attached hydrogen (secondary N) is 1. The number of likely N-dealkylation sites (N-methyl/N-ethyl adjacent to an activating group) is 1. The van der Waals surface area contributed by atoms with Gasteiger partial charge < -0.3 is 41.0 Å². The predicted molar refractivity (Wildman–Crippen MR) is 224 cm³/mol. The number of rotatable bonds is 30. The summed E-state index contributed by atoms with van der Waals surface area (Å²) in [6.07, 6.45) is 9.52. The van der Waals surface area contributed by atoms with Crippen molar-refractivity contribution in [3.05, 3.63) is 6.92 Å². The van der Waals surface area contributed by atoms with Crippen molar-refractivity contribution in [3.63, 3.8) is 0 Å². The second kappa shape index (κ2) is 56.3. The molecule has 0 rings (SSSR count). The zero-order valence-electron chi connectivity index (χ0n) is 36.0. The minimum atomic E-state index is -0.323. The molecule has 0 aliphatic carbocycles. The molecule has 0 spiro atoms. The Morgan fingerprint density at radius 1 is 0.741 bits per heavy atom. The van der Waals surface area contributed by atoms with Gasteiger partial charge in [0.15, 0.2) is 0 Å². The molecule has 0 fully saturated rings. The molecule has 0 radical (unpaired) electrons. The van der Waals surface area contributed by atoms with Crippen molar-refractivity contribution in [1.29, 1.82) is 0 Å². The van der Waals surface area contributed by atoms with E-state index >= 15 is 0 Å². The van der Waals surface area contributed by atoms with E-state index < -0.39 is 0 Å². The first-order valence-corrected chi connectivity index (χ1v) is 22.0. The van der Waals surface area contributed by atoms with Gasteiger partial charge in [0.25, 0.3) is 0 Å². The van der Waals surface area contributed by atoms with Crippen molar-refractivity contribution in [2.75, 3.05) is 77.9 Å². The van der Waals surface area contributed by atoms with E-state index in [9.17, 15) is 24.0 Å². The summed E-state index contributed by atoms with van der Waals surface area (Å²) in [6.45, 7) is 31.6. The number of unbranched alkanes of at least 4 members (excludes halogenated alkanes) is 3. The quantitative estimate of drug-likeness (QED) is 0.0244. The van der Waals surface area contributed by atoms with Gasteiger partial charge in [-0.3, -0.25) is 19.2 Å². The first-order chi connectivity index (χ1) is 25.6. The predicted octanol–water partition coefficient (Wildman–Crippen LogP) is 8.35. The molecule has 0 saturated heterocycles. The maximum Gasteiger partial charge on any atom is 0.309 e. The number of carbonyl (C=O) groups is 5. The van der Waals surface area contributed by atoms with Crippen molar-refractivity contribution in [1.82, 2.24) is 15.1 Å². The van der Waals surface area contributed by atoms with Crippen LogP contribution in [-0.2, 0) is 59.2 Å². The van der Waals surface area contributed by atoms with Crippen LogP contribution in [0.25, 0.3) is 0 Å². The number of nitrogens with zero attached hydrogens (tertiary/aromatic N) is 2. The number of aldehydes is 1. The van der Waals surface area contributed by atoms with Crippen LogP contribution in [0.3, 0.4) is 0 Å². The Morgan fingerprint density at radius 2 is 1.30 bits per heavy atom. The van der Waals surface area contributed by atoms with Crippen LogP contribution in [0.4, 0.5) is 0 Å². The van der Waals surface area contributed by atoms with Gasteiger partial charge in [-0.15, -0.1) is 0 Å². The number of carbonyl (C=O) groups excluding carboxylic acids is 5. The normalized spacial score (nSPS) is 10.3. The van der Waals surface area contributed by atoms with E-state index in [1.165, 1.54) is 12.8 Å². The van der Waals surface area contributed by atoms with E-state index in [2.05, 4.69) is 42.8 Å². The van der Waals surface area contributed by atoms with Gasteiger partial charge in [0.2, 0.25) is 0 Å². The maximum absolute atomic E-state index is 11.9. The van der Waals surface area contributed by atoms with Crippen molar-refractivity contribution < 1.29 is 59.2 Å². The van der Waals surface area contributed by atoms with Gasteiger partial charge >= 0.3 is 17.9 Å². The van der Waals surface area contributed by atoms with Crippen molar-refractivity contribution in [2.24, 2.45) is 5.92 Å². The fraction of sp³-hybridized carbons (Fsp3) is 0.850. The molecule has 0 saturated carbocycles. The van der Waals surface area contributed by atoms with E-state index in [4.69, 9.17) is 24.9 Å². The van der Waals surface area contributed by atoms with Gasteiger partial charge in [-0.25, -0.2) is 0 Å². The van der Waals surface area contributed by atoms with Crippen LogP contribution in [0.2, 0.25) is 0 Å². The molecular formula is C40H81ClN3O8SW-. The Kier molecular flexibility index (Phi) is 67.6. The Balaban J connectivity index is -0.000000185. The molecule has 0 heterocycles. The fourth-order valence-corrected chi connectivity index (χ4v) is 4.78. The van der Waals surface area contributed by atoms with E-state index in [0.29, 0.717) is 57.6 Å². The molecule has 0 aromatic heterocycles. The standard InChI is InChI=1S/C22H44N3O3.C9H15ClO4S.C5H10O.2C2H6.W/c1-5-9-14-24(17-13-23-8-4)18-19-25(15-11-21(26)10-6-2)16-12-22(27)28-20-7-3;1-3-8(11)13-4-5-14-9(12)7(2)6-15-10;1-2-3-4-5-6;2*1-2;/h23H,2,5-20H2,1,3-4H3;7H,3-6H2,1-2H3;5H,2-4H2,1H3;2*1-2H3;/q-1;;;;;. The third-order valence-electron chi connectivity index (χ3n) is 6.95. The average molecular weight is 983 g/mol. The second-order valence-corrected chi connectivity index (χ2v) is 12.7. The molecule has 0 amide bonds. The molecule has 1 unspecified atom stereocenters. The fourth-order valence-electron chi connectivity index (χ4n) is 3.88. The minimum absolute atomic E-state index is 0. The third-order valence-corrected chi connectivity index (χ3v) is 7.95. The van der Waals surface area contributed by atoms with Gasteiger partial charge in [-0.05, 0) is 49.5 Å². The van der Waals surface area contributed by atoms with E-state index in [0.717, 1.165) is 82.2 Å². The average Bonchev–Trinajstić information content (AvgIpc) is 3.18. The van der Waals surface area contributed by atoms with Crippen molar-refractivity contribution in [2.45, 2.75) is 140 Å². The van der Waals surface area contributed by atoms with Crippen molar-refractivity contribution in [3.8, 4) is 0 Å². The molecule has 1 atom stereocenters. The molecular weight excluding hydrogens is 902 g/mol. The summed E-state index contributed by atoms with van der Waals surface area (Å²) >= 11 is 0. The maximum atomic E-state index is 11.9. The molecule has 1 N–H and O–H groups in total. The van der Waals surface area contributed by atoms with E-state index in [1.807, 2.05) is 34.6 Å². The smallest absolute Gasteiger partial charge is 0.309 e. The van der Waals surface area contributed by atoms with Gasteiger partial charge in [0.1, 0.15) is 25.3 Å². The first kappa shape index (κ1) is 64.8. The summed E-state index contributed by atoms with van der Waals surface area (Å²) < 4.78 is 14.8. The number of hydrogen-bond acceptors (Lipinski definition) is 12. The first-order valence-electron chi connectivity index (χ1n) is 20.2. The molecule has 0 aromatic carbocycles. The van der Waals surface area contributed by atoms with E-state index in [-0.39, 0.29) is 63.9 Å². The van der Waals surface area contributed by atoms with Crippen LogP contribution in [-0.4, -0.2) is 118 Å². The molecule has 0 aromatic rings. The summed E-state index contributed by atoms with van der Waals surface area (Å²) in [6, 6.07) is 0. The molecule has 11 nitrogen and oxygen atoms in total. The summed E-state index contributed by atoms with van der Waals surface area (Å²) in [5.41, 5.74) is 0. The molecule has 54 heavy (non-hydrogen) atoms. The summed E-state index contributed by atoms with van der Waals surface area (Å²) in [7, 11) is 6.47. The van der Waals surface area contributed by atoms with Gasteiger partial charge in [0.05, 0.1) is 18.9 Å². The Bertz CT molecular complexity index is 819. The number of hydrogen-bond donors (Lipinski definition) is 1. The van der Waals surface area contributed by atoms with Crippen LogP contribution in [0, 0.1) is 12.8 Å². The minimum Gasteiger partial charge on any atom is -0.466 e. The number of halogens is 1. The second-order valence-electron chi connectivity index (χ2n) is 11.5. The molecule has 0 aliphatic heterocycles. The topological polar surface area (TPSA) is 132 Å². The van der Waals surface area contributed by atoms with Gasteiger partial charge in [0, 0.05) is 85.3 Å². The van der Waals surface area contributed by atoms with Crippen LogP contribution in [0.1, 0.15) is 140 Å². The van der Waals surface area contributed by atoms with Gasteiger partial charge in [-0.2, -0.15) is 6.42 Å². The molecule has 0 bridgehead atoms. The molecule has 324 valence electrons. The summed E-state index contributed by atoms with van der Waals surface area (Å²) in [5.74, 6) is -0.246. The molecule has 0 aliphatic rings. The van der Waals surface area contributed by atoms with Crippen LogP contribution in [0.15, 0.2) is 0 Å². The van der Waals surface area contributed by atoms with E-state index in [1.54, 1.807) is 13.8 Å². The number of ether oxygens (including phenoxy) is 3. The van der Waals surface area contributed by atoms with Crippen LogP contribution >= 0.6 is 21.7 Å². The Morgan fingerprint density at radius 3 is 1.78 bits per heavy atom. The van der Waals surface area contributed by atoms with Crippen molar-refractivity contribution >= 4 is 51.6 Å². The SMILES string of the molecule is CC.CC.CCC(=O)OCCOC(=O)C(C)CSCl.CCCCC=O.[CH2-]CCC(=O)CCN(CCC(=O)OCCC)CCN(CCCC)CCNCC.[W]. The monoisotopic (exact) mass is 982 g/mol. The van der Waals surface area contributed by atoms with Gasteiger partial charge in [-0.1, -0.05) is 93.1 Å². The zero-order chi connectivity index (χ0) is 41.5. The Hall–Kier alpha value is -1.04. The zero-order valence-corrected chi connectivity index (χ0v) is 40.5. The number of esters is 3. The molecule has 14 heteroatoms. The van der Waals surface area contributed by atoms with Crippen LogP contribution in [0.5, 0.6) is 0 Å².